The Morgan fingerprint density at radius 3 is 2.84 bits per heavy atom. The average molecular weight is 339 g/mol. The van der Waals surface area contributed by atoms with E-state index in [0.29, 0.717) is 19.0 Å². The minimum absolute atomic E-state index is 0.0160. The van der Waals surface area contributed by atoms with Crippen LogP contribution >= 0.6 is 0 Å². The standard InChI is InChI=1S/C19H21N3O3/c1-3-18(23)22-11-8-15(9-12-22)25-16-6-4-5-14(13-16)17-7-10-20-21-19(17)24-2/h3-7,10,13,15H,1,8-9,11-12H2,2H3. The highest BCUT2D eigenvalue weighted by atomic mass is 16.5. The van der Waals surface area contributed by atoms with E-state index in [1.54, 1.807) is 18.2 Å². The number of piperidine rings is 1. The van der Waals surface area contributed by atoms with Gasteiger partial charge in [0.25, 0.3) is 0 Å². The number of amides is 1. The van der Waals surface area contributed by atoms with Crippen LogP contribution in [0.4, 0.5) is 0 Å². The van der Waals surface area contributed by atoms with Crippen LogP contribution in [0, 0.1) is 0 Å². The highest BCUT2D eigenvalue weighted by Crippen LogP contribution is 2.30. The first-order valence-corrected chi connectivity index (χ1v) is 8.25. The third-order valence-electron chi connectivity index (χ3n) is 4.26. The van der Waals surface area contributed by atoms with Gasteiger partial charge in [-0.05, 0) is 29.8 Å². The van der Waals surface area contributed by atoms with Crippen molar-refractivity contribution in [2.45, 2.75) is 18.9 Å². The van der Waals surface area contributed by atoms with Crippen molar-refractivity contribution in [2.75, 3.05) is 20.2 Å². The Balaban J connectivity index is 1.69. The lowest BCUT2D eigenvalue weighted by atomic mass is 10.1. The molecule has 6 heteroatoms. The van der Waals surface area contributed by atoms with E-state index in [1.807, 2.05) is 30.3 Å². The zero-order chi connectivity index (χ0) is 17.6. The van der Waals surface area contributed by atoms with Crippen molar-refractivity contribution in [1.82, 2.24) is 15.1 Å². The molecule has 1 aromatic carbocycles. The van der Waals surface area contributed by atoms with Gasteiger partial charge in [-0.15, -0.1) is 5.10 Å². The van der Waals surface area contributed by atoms with Gasteiger partial charge in [0.15, 0.2) is 0 Å². The summed E-state index contributed by atoms with van der Waals surface area (Å²) >= 11 is 0. The molecule has 0 bridgehead atoms. The molecule has 130 valence electrons. The van der Waals surface area contributed by atoms with E-state index in [-0.39, 0.29) is 12.0 Å². The molecule has 3 rings (SSSR count). The Morgan fingerprint density at radius 2 is 2.12 bits per heavy atom. The van der Waals surface area contributed by atoms with Gasteiger partial charge in [0.1, 0.15) is 11.9 Å². The number of benzene rings is 1. The van der Waals surface area contributed by atoms with Crippen molar-refractivity contribution in [1.29, 1.82) is 0 Å². The smallest absolute Gasteiger partial charge is 0.245 e. The average Bonchev–Trinajstić information content (AvgIpc) is 2.68. The molecule has 1 saturated heterocycles. The number of rotatable bonds is 5. The number of likely N-dealkylation sites (tertiary alicyclic amines) is 1. The highest BCUT2D eigenvalue weighted by Gasteiger charge is 2.22. The maximum atomic E-state index is 11.6. The Morgan fingerprint density at radius 1 is 1.32 bits per heavy atom. The molecule has 25 heavy (non-hydrogen) atoms. The molecule has 0 spiro atoms. The molecular weight excluding hydrogens is 318 g/mol. The summed E-state index contributed by atoms with van der Waals surface area (Å²) in [4.78, 5) is 13.4. The maximum absolute atomic E-state index is 11.6. The Kier molecular flexibility index (Phi) is 5.28. The molecule has 0 aliphatic carbocycles. The summed E-state index contributed by atoms with van der Waals surface area (Å²) in [6.45, 7) is 4.92. The number of methoxy groups -OCH3 is 1. The third kappa shape index (κ3) is 3.96. The maximum Gasteiger partial charge on any atom is 0.245 e. The van der Waals surface area contributed by atoms with Gasteiger partial charge in [0, 0.05) is 31.5 Å². The van der Waals surface area contributed by atoms with Crippen LogP contribution in [0.15, 0.2) is 49.2 Å². The van der Waals surface area contributed by atoms with Gasteiger partial charge < -0.3 is 14.4 Å². The van der Waals surface area contributed by atoms with E-state index in [0.717, 1.165) is 29.7 Å². The number of carbonyl (C=O) groups excluding carboxylic acids is 1. The van der Waals surface area contributed by atoms with Crippen LogP contribution in [-0.4, -0.2) is 47.3 Å². The summed E-state index contributed by atoms with van der Waals surface area (Å²) in [6.07, 6.45) is 4.72. The molecule has 0 radical (unpaired) electrons. The molecule has 1 aliphatic heterocycles. The second kappa shape index (κ2) is 7.79. The second-order valence-corrected chi connectivity index (χ2v) is 5.83. The number of hydrogen-bond acceptors (Lipinski definition) is 5. The SMILES string of the molecule is C=CC(=O)N1CCC(Oc2cccc(-c3ccnnc3OC)c2)CC1. The fourth-order valence-corrected chi connectivity index (χ4v) is 2.94. The molecule has 1 aromatic heterocycles. The normalized spacial score (nSPS) is 14.8. The first-order chi connectivity index (χ1) is 12.2. The summed E-state index contributed by atoms with van der Waals surface area (Å²) in [6, 6.07) is 9.70. The Bertz CT molecular complexity index is 755. The first kappa shape index (κ1) is 17.0. The van der Waals surface area contributed by atoms with E-state index >= 15 is 0 Å². The molecule has 1 aliphatic rings. The van der Waals surface area contributed by atoms with Crippen LogP contribution in [0.2, 0.25) is 0 Å². The number of aromatic nitrogens is 2. The zero-order valence-corrected chi connectivity index (χ0v) is 14.2. The summed E-state index contributed by atoms with van der Waals surface area (Å²) in [5.74, 6) is 1.26. The van der Waals surface area contributed by atoms with Gasteiger partial charge in [0.05, 0.1) is 13.3 Å². The summed E-state index contributed by atoms with van der Waals surface area (Å²) < 4.78 is 11.4. The fourth-order valence-electron chi connectivity index (χ4n) is 2.94. The molecule has 0 N–H and O–H groups in total. The predicted octanol–water partition coefficient (Wildman–Crippen LogP) is 2.71. The molecule has 2 aromatic rings. The van der Waals surface area contributed by atoms with E-state index < -0.39 is 0 Å². The van der Waals surface area contributed by atoms with Gasteiger partial charge in [0.2, 0.25) is 11.8 Å². The van der Waals surface area contributed by atoms with Crippen molar-refractivity contribution in [3.63, 3.8) is 0 Å². The first-order valence-electron chi connectivity index (χ1n) is 8.25. The lowest BCUT2D eigenvalue weighted by molar-refractivity contribution is -0.127. The fraction of sp³-hybridized carbons (Fsp3) is 0.316. The van der Waals surface area contributed by atoms with Crippen molar-refractivity contribution in [3.05, 3.63) is 49.2 Å². The van der Waals surface area contributed by atoms with Gasteiger partial charge in [-0.3, -0.25) is 4.79 Å². The van der Waals surface area contributed by atoms with Crippen molar-refractivity contribution in [3.8, 4) is 22.8 Å². The lowest BCUT2D eigenvalue weighted by Gasteiger charge is -2.31. The van der Waals surface area contributed by atoms with Crippen LogP contribution in [0.3, 0.4) is 0 Å². The molecule has 1 fully saturated rings. The van der Waals surface area contributed by atoms with Gasteiger partial charge in [-0.2, -0.15) is 5.10 Å². The predicted molar refractivity (Wildman–Crippen MR) is 94.4 cm³/mol. The van der Waals surface area contributed by atoms with Gasteiger partial charge >= 0.3 is 0 Å². The molecule has 6 nitrogen and oxygen atoms in total. The summed E-state index contributed by atoms with van der Waals surface area (Å²) in [7, 11) is 1.58. The van der Waals surface area contributed by atoms with Gasteiger partial charge in [-0.25, -0.2) is 0 Å². The quantitative estimate of drug-likeness (QED) is 0.784. The minimum Gasteiger partial charge on any atom is -0.490 e. The minimum atomic E-state index is -0.0160. The van der Waals surface area contributed by atoms with Crippen molar-refractivity contribution < 1.29 is 14.3 Å². The van der Waals surface area contributed by atoms with Crippen LogP contribution in [0.25, 0.3) is 11.1 Å². The number of ether oxygens (including phenoxy) is 2. The lowest BCUT2D eigenvalue weighted by Crippen LogP contribution is -2.41. The molecule has 1 amide bonds. The third-order valence-corrected chi connectivity index (χ3v) is 4.26. The molecule has 0 unspecified atom stereocenters. The van der Waals surface area contributed by atoms with Crippen molar-refractivity contribution in [2.24, 2.45) is 0 Å². The van der Waals surface area contributed by atoms with Crippen LogP contribution in [-0.2, 0) is 4.79 Å². The molecule has 0 atom stereocenters. The number of hydrogen-bond donors (Lipinski definition) is 0. The molecular formula is C19H21N3O3. The Labute approximate surface area is 147 Å². The number of nitrogens with zero attached hydrogens (tertiary/aromatic N) is 3. The van der Waals surface area contributed by atoms with Crippen molar-refractivity contribution >= 4 is 5.91 Å². The summed E-state index contributed by atoms with van der Waals surface area (Å²) in [5.41, 5.74) is 1.83. The second-order valence-electron chi connectivity index (χ2n) is 5.83. The van der Waals surface area contributed by atoms with E-state index in [2.05, 4.69) is 16.8 Å². The van der Waals surface area contributed by atoms with Crippen LogP contribution < -0.4 is 9.47 Å². The van der Waals surface area contributed by atoms with E-state index in [4.69, 9.17) is 9.47 Å². The highest BCUT2D eigenvalue weighted by molar-refractivity contribution is 5.87. The topological polar surface area (TPSA) is 64.6 Å². The van der Waals surface area contributed by atoms with Gasteiger partial charge in [-0.1, -0.05) is 18.7 Å². The van der Waals surface area contributed by atoms with Crippen LogP contribution in [0.1, 0.15) is 12.8 Å². The van der Waals surface area contributed by atoms with E-state index in [9.17, 15) is 4.79 Å². The largest absolute Gasteiger partial charge is 0.490 e. The molecule has 0 saturated carbocycles. The molecule has 2 heterocycles. The van der Waals surface area contributed by atoms with Crippen LogP contribution in [0.5, 0.6) is 11.6 Å². The zero-order valence-electron chi connectivity index (χ0n) is 14.2. The summed E-state index contributed by atoms with van der Waals surface area (Å²) in [5, 5.41) is 7.83. The number of carbonyl (C=O) groups is 1. The monoisotopic (exact) mass is 339 g/mol. The van der Waals surface area contributed by atoms with E-state index in [1.165, 1.54) is 6.08 Å². The Hall–Kier alpha value is -2.89.